The fourth-order valence-electron chi connectivity index (χ4n) is 0.752. The van der Waals surface area contributed by atoms with Gasteiger partial charge in [0.15, 0.2) is 0 Å². The van der Waals surface area contributed by atoms with Gasteiger partial charge in [-0.05, 0) is 18.6 Å². The van der Waals surface area contributed by atoms with Crippen molar-refractivity contribution < 1.29 is 0 Å². The Bertz CT molecular complexity index is 178. The molecule has 2 N–H and O–H groups in total. The Hall–Kier alpha value is -0.620. The van der Waals surface area contributed by atoms with Crippen LogP contribution in [-0.4, -0.2) is 5.75 Å². The predicted octanol–water partition coefficient (Wildman–Crippen LogP) is 1.21. The van der Waals surface area contributed by atoms with Crippen molar-refractivity contribution in [3.8, 4) is 6.07 Å². The van der Waals surface area contributed by atoms with Gasteiger partial charge in [-0.2, -0.15) is 5.26 Å². The van der Waals surface area contributed by atoms with E-state index in [0.717, 1.165) is 29.2 Å². The molecule has 2 nitrogen and oxygen atoms in total. The topological polar surface area (TPSA) is 49.8 Å². The Labute approximate surface area is 58.7 Å². The Kier molecular flexibility index (Phi) is 2.01. The highest BCUT2D eigenvalue weighted by Crippen LogP contribution is 2.24. The molecule has 1 aliphatic heterocycles. The van der Waals surface area contributed by atoms with Gasteiger partial charge in [0, 0.05) is 0 Å². The molecule has 0 fully saturated rings. The molecule has 3 heteroatoms. The molecule has 0 radical (unpaired) electrons. The van der Waals surface area contributed by atoms with Gasteiger partial charge < -0.3 is 5.73 Å². The standard InChI is InChI=1S/C6H8N2S/c7-4-5-2-1-3-9-6(5)8/h1-3,8H2. The van der Waals surface area contributed by atoms with Gasteiger partial charge in [0.2, 0.25) is 0 Å². The lowest BCUT2D eigenvalue weighted by Gasteiger charge is -2.09. The molecule has 1 aliphatic rings. The quantitative estimate of drug-likeness (QED) is 0.550. The Morgan fingerprint density at radius 2 is 2.44 bits per heavy atom. The maximum atomic E-state index is 8.46. The van der Waals surface area contributed by atoms with Crippen molar-refractivity contribution in [3.63, 3.8) is 0 Å². The van der Waals surface area contributed by atoms with E-state index in [1.54, 1.807) is 11.8 Å². The van der Waals surface area contributed by atoms with Gasteiger partial charge in [-0.1, -0.05) is 0 Å². The molecule has 0 spiro atoms. The number of thioether (sulfide) groups is 1. The lowest BCUT2D eigenvalue weighted by molar-refractivity contribution is 0.921. The summed E-state index contributed by atoms with van der Waals surface area (Å²) in [5.41, 5.74) is 6.28. The molecule has 0 aromatic rings. The van der Waals surface area contributed by atoms with Crippen LogP contribution in [0.1, 0.15) is 12.8 Å². The predicted molar refractivity (Wildman–Crippen MR) is 38.5 cm³/mol. The Morgan fingerprint density at radius 3 is 2.89 bits per heavy atom. The number of nitriles is 1. The second-order valence-corrected chi connectivity index (χ2v) is 3.04. The van der Waals surface area contributed by atoms with E-state index >= 15 is 0 Å². The third-order valence-corrected chi connectivity index (χ3v) is 2.31. The Morgan fingerprint density at radius 1 is 1.67 bits per heavy atom. The summed E-state index contributed by atoms with van der Waals surface area (Å²) in [7, 11) is 0. The van der Waals surface area contributed by atoms with Crippen LogP contribution in [0.4, 0.5) is 0 Å². The highest BCUT2D eigenvalue weighted by Gasteiger charge is 2.08. The first kappa shape index (κ1) is 6.50. The highest BCUT2D eigenvalue weighted by atomic mass is 32.2. The SMILES string of the molecule is N#CC1=C(N)SCCC1. The van der Waals surface area contributed by atoms with Crippen LogP contribution in [0, 0.1) is 11.3 Å². The van der Waals surface area contributed by atoms with E-state index in [0.29, 0.717) is 0 Å². The second-order valence-electron chi connectivity index (χ2n) is 1.91. The minimum absolute atomic E-state index is 0.726. The second kappa shape index (κ2) is 2.79. The lowest BCUT2D eigenvalue weighted by atomic mass is 10.2. The zero-order chi connectivity index (χ0) is 6.69. The first-order valence-corrected chi connectivity index (χ1v) is 3.84. The van der Waals surface area contributed by atoms with Gasteiger partial charge >= 0.3 is 0 Å². The molecule has 0 aromatic heterocycles. The lowest BCUT2D eigenvalue weighted by Crippen LogP contribution is -2.03. The summed E-state index contributed by atoms with van der Waals surface area (Å²) in [6, 6.07) is 2.09. The summed E-state index contributed by atoms with van der Waals surface area (Å²) in [6.07, 6.45) is 1.96. The number of hydrogen-bond acceptors (Lipinski definition) is 3. The number of hydrogen-bond donors (Lipinski definition) is 1. The van der Waals surface area contributed by atoms with E-state index in [1.165, 1.54) is 0 Å². The van der Waals surface area contributed by atoms with E-state index in [-0.39, 0.29) is 0 Å². The van der Waals surface area contributed by atoms with E-state index in [9.17, 15) is 0 Å². The first-order valence-electron chi connectivity index (χ1n) is 2.86. The minimum Gasteiger partial charge on any atom is -0.393 e. The van der Waals surface area contributed by atoms with Crippen molar-refractivity contribution >= 4 is 11.8 Å². The molecule has 0 bridgehead atoms. The zero-order valence-corrected chi connectivity index (χ0v) is 5.87. The van der Waals surface area contributed by atoms with Gasteiger partial charge in [-0.15, -0.1) is 11.8 Å². The fraction of sp³-hybridized carbons (Fsp3) is 0.500. The summed E-state index contributed by atoms with van der Waals surface area (Å²) < 4.78 is 0. The van der Waals surface area contributed by atoms with Gasteiger partial charge in [0.05, 0.1) is 16.7 Å². The highest BCUT2D eigenvalue weighted by molar-refractivity contribution is 8.03. The molecule has 0 aromatic carbocycles. The third kappa shape index (κ3) is 1.39. The molecule has 9 heavy (non-hydrogen) atoms. The van der Waals surface area contributed by atoms with Crippen molar-refractivity contribution in [3.05, 3.63) is 10.6 Å². The van der Waals surface area contributed by atoms with Crippen LogP contribution in [0.2, 0.25) is 0 Å². The summed E-state index contributed by atoms with van der Waals surface area (Å²) in [5, 5.41) is 9.19. The van der Waals surface area contributed by atoms with E-state index in [1.807, 2.05) is 0 Å². The van der Waals surface area contributed by atoms with Crippen molar-refractivity contribution in [2.75, 3.05) is 5.75 Å². The summed E-state index contributed by atoms with van der Waals surface area (Å²) in [6.45, 7) is 0. The van der Waals surface area contributed by atoms with Gasteiger partial charge in [-0.25, -0.2) is 0 Å². The summed E-state index contributed by atoms with van der Waals surface area (Å²) in [4.78, 5) is 0. The van der Waals surface area contributed by atoms with Gasteiger partial charge in [0.1, 0.15) is 0 Å². The van der Waals surface area contributed by atoms with Crippen molar-refractivity contribution in [1.29, 1.82) is 5.26 Å². The van der Waals surface area contributed by atoms with Crippen LogP contribution < -0.4 is 5.73 Å². The smallest absolute Gasteiger partial charge is 0.0974 e. The molecule has 0 unspecified atom stereocenters. The van der Waals surface area contributed by atoms with Crippen LogP contribution in [0.15, 0.2) is 10.6 Å². The molecule has 1 heterocycles. The van der Waals surface area contributed by atoms with Crippen LogP contribution in [0.25, 0.3) is 0 Å². The monoisotopic (exact) mass is 140 g/mol. The number of nitrogens with two attached hydrogens (primary N) is 1. The molecule has 0 atom stereocenters. The zero-order valence-electron chi connectivity index (χ0n) is 5.05. The molecule has 1 rings (SSSR count). The molecular formula is C6H8N2S. The summed E-state index contributed by atoms with van der Waals surface area (Å²) >= 11 is 1.59. The van der Waals surface area contributed by atoms with Gasteiger partial charge in [0.25, 0.3) is 0 Å². The van der Waals surface area contributed by atoms with Crippen LogP contribution in [0.3, 0.4) is 0 Å². The average molecular weight is 140 g/mol. The Balaban J connectivity index is 2.74. The minimum atomic E-state index is 0.726. The number of nitrogens with zero attached hydrogens (tertiary/aromatic N) is 1. The maximum absolute atomic E-state index is 8.46. The van der Waals surface area contributed by atoms with Crippen molar-refractivity contribution in [2.45, 2.75) is 12.8 Å². The third-order valence-electron chi connectivity index (χ3n) is 1.26. The van der Waals surface area contributed by atoms with Crippen molar-refractivity contribution in [1.82, 2.24) is 0 Å². The maximum Gasteiger partial charge on any atom is 0.0974 e. The first-order chi connectivity index (χ1) is 4.34. The molecule has 0 saturated carbocycles. The van der Waals surface area contributed by atoms with E-state index in [4.69, 9.17) is 11.0 Å². The number of rotatable bonds is 0. The van der Waals surface area contributed by atoms with Crippen LogP contribution >= 0.6 is 11.8 Å². The molecule has 0 aliphatic carbocycles. The van der Waals surface area contributed by atoms with Crippen LogP contribution in [0.5, 0.6) is 0 Å². The largest absolute Gasteiger partial charge is 0.393 e. The van der Waals surface area contributed by atoms with E-state index < -0.39 is 0 Å². The van der Waals surface area contributed by atoms with E-state index in [2.05, 4.69) is 6.07 Å². The molecule has 0 amide bonds. The van der Waals surface area contributed by atoms with Crippen LogP contribution in [-0.2, 0) is 0 Å². The summed E-state index contributed by atoms with van der Waals surface area (Å²) in [5.74, 6) is 1.07. The fourth-order valence-corrected chi connectivity index (χ4v) is 1.58. The molecular weight excluding hydrogens is 132 g/mol. The number of allylic oxidation sites excluding steroid dienone is 1. The normalized spacial score (nSPS) is 19.4. The van der Waals surface area contributed by atoms with Crippen molar-refractivity contribution in [2.24, 2.45) is 5.73 Å². The van der Waals surface area contributed by atoms with Gasteiger partial charge in [-0.3, -0.25) is 0 Å². The molecule has 48 valence electrons. The molecule has 0 saturated heterocycles. The average Bonchev–Trinajstić information content (AvgIpc) is 1.89.